The first kappa shape index (κ1) is 11.6. The predicted molar refractivity (Wildman–Crippen MR) is 63.1 cm³/mol. The van der Waals surface area contributed by atoms with Gasteiger partial charge in [-0.15, -0.1) is 0 Å². The fraction of sp³-hybridized carbons (Fsp3) is 0.500. The Labute approximate surface area is 102 Å². The molecule has 0 fully saturated rings. The minimum Gasteiger partial charge on any atom is -0.340 e. The van der Waals surface area contributed by atoms with Crippen molar-refractivity contribution in [2.75, 3.05) is 26.4 Å². The van der Waals surface area contributed by atoms with Gasteiger partial charge in [-0.1, -0.05) is 17.0 Å². The summed E-state index contributed by atoms with van der Waals surface area (Å²) in [7, 11) is 0. The van der Waals surface area contributed by atoms with Gasteiger partial charge in [-0.05, 0) is 6.08 Å². The molecule has 2 heterocycles. The minimum atomic E-state index is -0.613. The lowest BCUT2D eigenvalue weighted by atomic mass is 10.5. The average Bonchev–Trinajstić information content (AvgIpc) is 2.68. The predicted octanol–water partition coefficient (Wildman–Crippen LogP) is -0.179. The Morgan fingerprint density at radius 1 is 1.59 bits per heavy atom. The number of allylic oxidation sites excluding steroid dienone is 1. The molecule has 9 heteroatoms. The molecule has 0 unspecified atom stereocenters. The standard InChI is InChI=1S/C8H11ClN6O2/c9-7-1-3-13(5-11-7)6-14-4-2-10-8(14)12-15(16)17/h1,3H,2,4-6H2,(H,10,12). The number of nitrogens with zero attached hydrogens (tertiary/aromatic N) is 5. The maximum Gasteiger partial charge on any atom is 0.258 e. The van der Waals surface area contributed by atoms with Gasteiger partial charge in [0.25, 0.3) is 5.96 Å². The van der Waals surface area contributed by atoms with Crippen molar-refractivity contribution < 1.29 is 5.03 Å². The van der Waals surface area contributed by atoms with Gasteiger partial charge in [0.15, 0.2) is 5.03 Å². The lowest BCUT2D eigenvalue weighted by Crippen LogP contribution is -2.45. The van der Waals surface area contributed by atoms with E-state index in [-0.39, 0.29) is 5.96 Å². The molecule has 0 radical (unpaired) electrons. The summed E-state index contributed by atoms with van der Waals surface area (Å²) in [5.41, 5.74) is 2.08. The van der Waals surface area contributed by atoms with Crippen molar-refractivity contribution in [2.24, 2.45) is 9.98 Å². The van der Waals surface area contributed by atoms with Gasteiger partial charge in [0.05, 0.1) is 13.2 Å². The van der Waals surface area contributed by atoms with Crippen molar-refractivity contribution in [1.82, 2.24) is 15.2 Å². The lowest BCUT2D eigenvalue weighted by Gasteiger charge is -2.27. The second-order valence-electron chi connectivity index (χ2n) is 3.51. The molecule has 0 saturated carbocycles. The molecule has 92 valence electrons. The number of nitro groups is 1. The highest BCUT2D eigenvalue weighted by Crippen LogP contribution is 2.06. The molecule has 0 aromatic heterocycles. The highest BCUT2D eigenvalue weighted by atomic mass is 35.5. The van der Waals surface area contributed by atoms with Crippen LogP contribution < -0.4 is 5.43 Å². The monoisotopic (exact) mass is 258 g/mol. The highest BCUT2D eigenvalue weighted by molar-refractivity contribution is 6.68. The molecule has 1 N–H and O–H groups in total. The lowest BCUT2D eigenvalue weighted by molar-refractivity contribution is -0.526. The van der Waals surface area contributed by atoms with E-state index in [1.807, 2.05) is 4.90 Å². The zero-order valence-corrected chi connectivity index (χ0v) is 9.67. The maximum absolute atomic E-state index is 10.4. The Bertz CT molecular complexity index is 407. The number of aliphatic imine (C=N–C) groups is 2. The molecular weight excluding hydrogens is 248 g/mol. The number of halogens is 1. The van der Waals surface area contributed by atoms with Crippen molar-refractivity contribution in [2.45, 2.75) is 0 Å². The third-order valence-corrected chi connectivity index (χ3v) is 2.55. The van der Waals surface area contributed by atoms with E-state index >= 15 is 0 Å². The summed E-state index contributed by atoms with van der Waals surface area (Å²) in [5.74, 6) is 0.282. The topological polar surface area (TPSA) is 86.4 Å². The fourth-order valence-corrected chi connectivity index (χ4v) is 1.65. The molecule has 8 nitrogen and oxygen atoms in total. The first-order valence-electron chi connectivity index (χ1n) is 4.98. The van der Waals surface area contributed by atoms with Crippen LogP contribution in [0.4, 0.5) is 0 Å². The normalized spacial score (nSPS) is 19.1. The smallest absolute Gasteiger partial charge is 0.258 e. The quantitative estimate of drug-likeness (QED) is 0.561. The van der Waals surface area contributed by atoms with Crippen molar-refractivity contribution in [3.63, 3.8) is 0 Å². The Morgan fingerprint density at radius 2 is 2.41 bits per heavy atom. The van der Waals surface area contributed by atoms with Gasteiger partial charge in [0.1, 0.15) is 11.8 Å². The Kier molecular flexibility index (Phi) is 3.43. The molecule has 17 heavy (non-hydrogen) atoms. The molecule has 2 aliphatic rings. The summed E-state index contributed by atoms with van der Waals surface area (Å²) < 4.78 is 0. The molecule has 0 atom stereocenters. The van der Waals surface area contributed by atoms with Gasteiger partial charge in [-0.2, -0.15) is 0 Å². The summed E-state index contributed by atoms with van der Waals surface area (Å²) in [6, 6.07) is 0. The summed E-state index contributed by atoms with van der Waals surface area (Å²) in [5, 5.41) is 10.2. The Morgan fingerprint density at radius 3 is 3.06 bits per heavy atom. The SMILES string of the molecule is O=[N+]([O-])NC1=NCCN1CN1C=CC(Cl)=NC1. The van der Waals surface area contributed by atoms with Crippen LogP contribution >= 0.6 is 11.6 Å². The van der Waals surface area contributed by atoms with E-state index in [4.69, 9.17) is 11.6 Å². The zero-order chi connectivity index (χ0) is 12.3. The van der Waals surface area contributed by atoms with E-state index in [2.05, 4.69) is 15.4 Å². The summed E-state index contributed by atoms with van der Waals surface area (Å²) >= 11 is 5.69. The summed E-state index contributed by atoms with van der Waals surface area (Å²) in [6.45, 7) is 2.14. The molecule has 0 bridgehead atoms. The molecule has 0 amide bonds. The van der Waals surface area contributed by atoms with E-state index < -0.39 is 5.03 Å². The van der Waals surface area contributed by atoms with Crippen LogP contribution in [-0.4, -0.2) is 52.4 Å². The largest absolute Gasteiger partial charge is 0.340 e. The van der Waals surface area contributed by atoms with Crippen LogP contribution in [0.5, 0.6) is 0 Å². The number of rotatable bonds is 3. The van der Waals surface area contributed by atoms with Gasteiger partial charge >= 0.3 is 0 Å². The van der Waals surface area contributed by atoms with Crippen molar-refractivity contribution in [3.8, 4) is 0 Å². The van der Waals surface area contributed by atoms with Gasteiger partial charge in [0, 0.05) is 12.7 Å². The maximum atomic E-state index is 10.4. The molecule has 0 saturated heterocycles. The van der Waals surface area contributed by atoms with E-state index in [9.17, 15) is 10.1 Å². The van der Waals surface area contributed by atoms with E-state index in [1.165, 1.54) is 0 Å². The Hall–Kier alpha value is -1.83. The summed E-state index contributed by atoms with van der Waals surface area (Å²) in [6.07, 6.45) is 3.48. The van der Waals surface area contributed by atoms with E-state index in [0.29, 0.717) is 31.6 Å². The highest BCUT2D eigenvalue weighted by Gasteiger charge is 2.22. The van der Waals surface area contributed by atoms with Crippen molar-refractivity contribution in [3.05, 3.63) is 22.4 Å². The number of nitrogens with one attached hydrogen (secondary N) is 1. The third-order valence-electron chi connectivity index (χ3n) is 2.30. The van der Waals surface area contributed by atoms with Gasteiger partial charge in [0.2, 0.25) is 0 Å². The van der Waals surface area contributed by atoms with E-state index in [1.54, 1.807) is 17.2 Å². The molecule has 0 aromatic rings. The molecule has 0 aromatic carbocycles. The molecule has 2 aliphatic heterocycles. The zero-order valence-electron chi connectivity index (χ0n) is 8.91. The molecule has 0 spiro atoms. The molecule has 0 aliphatic carbocycles. The van der Waals surface area contributed by atoms with Crippen LogP contribution in [0.1, 0.15) is 0 Å². The van der Waals surface area contributed by atoms with Crippen molar-refractivity contribution >= 4 is 22.7 Å². The van der Waals surface area contributed by atoms with Gasteiger partial charge < -0.3 is 9.80 Å². The second kappa shape index (κ2) is 5.00. The van der Waals surface area contributed by atoms with Crippen LogP contribution in [0.15, 0.2) is 22.3 Å². The first-order valence-corrected chi connectivity index (χ1v) is 5.35. The van der Waals surface area contributed by atoms with Crippen LogP contribution in [0, 0.1) is 10.1 Å². The number of hydrogen-bond donors (Lipinski definition) is 1. The molecule has 2 rings (SSSR count). The van der Waals surface area contributed by atoms with Crippen LogP contribution in [0.25, 0.3) is 0 Å². The van der Waals surface area contributed by atoms with Crippen LogP contribution in [-0.2, 0) is 0 Å². The first-order chi connectivity index (χ1) is 8.15. The van der Waals surface area contributed by atoms with Crippen LogP contribution in [0.3, 0.4) is 0 Å². The number of hydrogen-bond acceptors (Lipinski definition) is 6. The molecular formula is C8H11ClN6O2. The van der Waals surface area contributed by atoms with Gasteiger partial charge in [-0.3, -0.25) is 4.99 Å². The second-order valence-corrected chi connectivity index (χ2v) is 3.89. The average molecular weight is 259 g/mol. The minimum absolute atomic E-state index is 0.282. The third kappa shape index (κ3) is 3.06. The fourth-order valence-electron chi connectivity index (χ4n) is 1.54. The number of hydrazine groups is 1. The van der Waals surface area contributed by atoms with Crippen molar-refractivity contribution in [1.29, 1.82) is 0 Å². The van der Waals surface area contributed by atoms with E-state index in [0.717, 1.165) is 0 Å². The van der Waals surface area contributed by atoms with Gasteiger partial charge in [-0.25, -0.2) is 15.1 Å². The number of guanidine groups is 1. The van der Waals surface area contributed by atoms with Crippen LogP contribution in [0.2, 0.25) is 0 Å². The Balaban J connectivity index is 1.89. The summed E-state index contributed by atoms with van der Waals surface area (Å²) in [4.78, 5) is 22.1.